The topological polar surface area (TPSA) is 106 Å². The maximum atomic E-state index is 12.4. The van der Waals surface area contributed by atoms with Crippen LogP contribution < -0.4 is 19.6 Å². The molecule has 2 N–H and O–H groups in total. The van der Waals surface area contributed by atoms with Crippen molar-refractivity contribution in [3.05, 3.63) is 101 Å². The maximum absolute atomic E-state index is 12.4. The Hall–Kier alpha value is -4.30. The first-order valence-electron chi connectivity index (χ1n) is 10.4. The fourth-order valence-electron chi connectivity index (χ4n) is 2.93. The molecule has 0 spiro atoms. The van der Waals surface area contributed by atoms with Crippen molar-refractivity contribution in [2.75, 3.05) is 13.7 Å². The van der Waals surface area contributed by atoms with Crippen molar-refractivity contribution < 1.29 is 28.9 Å². The van der Waals surface area contributed by atoms with Crippen LogP contribution >= 0.6 is 11.6 Å². The van der Waals surface area contributed by atoms with Crippen molar-refractivity contribution in [2.45, 2.75) is 6.61 Å². The molecule has 35 heavy (non-hydrogen) atoms. The second kappa shape index (κ2) is 12.2. The molecule has 0 aliphatic heterocycles. The Labute approximate surface area is 207 Å². The number of benzene rings is 3. The largest absolute Gasteiger partial charge is 0.493 e. The van der Waals surface area contributed by atoms with Crippen molar-refractivity contribution in [3.63, 3.8) is 0 Å². The summed E-state index contributed by atoms with van der Waals surface area (Å²) in [6.45, 7) is 4.14. The summed E-state index contributed by atoms with van der Waals surface area (Å²) in [6.07, 6.45) is 3.07. The second-order valence-electron chi connectivity index (χ2n) is 7.15. The van der Waals surface area contributed by atoms with Gasteiger partial charge in [0.25, 0.3) is 5.91 Å². The summed E-state index contributed by atoms with van der Waals surface area (Å²) >= 11 is 6.30. The Morgan fingerprint density at radius 2 is 1.71 bits per heavy atom. The average molecular weight is 495 g/mol. The van der Waals surface area contributed by atoms with Crippen molar-refractivity contribution in [1.82, 2.24) is 5.43 Å². The summed E-state index contributed by atoms with van der Waals surface area (Å²) in [5.74, 6) is -0.0263. The van der Waals surface area contributed by atoms with Gasteiger partial charge in [0.1, 0.15) is 19.0 Å². The molecule has 0 saturated heterocycles. The van der Waals surface area contributed by atoms with Crippen molar-refractivity contribution in [3.8, 4) is 17.2 Å². The molecule has 0 bridgehead atoms. The van der Waals surface area contributed by atoms with Crippen LogP contribution in [0.25, 0.3) is 0 Å². The molecular weight excluding hydrogens is 472 g/mol. The average Bonchev–Trinajstić information content (AvgIpc) is 2.87. The number of nitrogens with one attached hydrogen (secondary N) is 1. The molecule has 0 radical (unpaired) electrons. The van der Waals surface area contributed by atoms with Gasteiger partial charge in [-0.2, -0.15) is 5.10 Å². The Kier molecular flexibility index (Phi) is 8.86. The lowest BCUT2D eigenvalue weighted by Crippen LogP contribution is -2.17. The van der Waals surface area contributed by atoms with E-state index in [1.165, 1.54) is 25.5 Å². The third-order valence-electron chi connectivity index (χ3n) is 4.71. The molecule has 0 heterocycles. The molecule has 180 valence electrons. The van der Waals surface area contributed by atoms with Gasteiger partial charge in [-0.15, -0.1) is 0 Å². The van der Waals surface area contributed by atoms with E-state index in [1.807, 2.05) is 0 Å². The first kappa shape index (κ1) is 25.3. The SMILES string of the molecule is C=CCOc1ccc(C(=O)N/N=C/c2ccc(OCc3ccc(C(=O)O)cc3)c(Cl)c2)cc1OC. The second-order valence-corrected chi connectivity index (χ2v) is 7.55. The van der Waals surface area contributed by atoms with Crippen molar-refractivity contribution in [1.29, 1.82) is 0 Å². The summed E-state index contributed by atoms with van der Waals surface area (Å²) in [6, 6.07) is 16.2. The van der Waals surface area contributed by atoms with Crippen LogP contribution in [0, 0.1) is 0 Å². The van der Waals surface area contributed by atoms with E-state index in [9.17, 15) is 9.59 Å². The normalized spacial score (nSPS) is 10.6. The number of nitrogens with zero attached hydrogens (tertiary/aromatic N) is 1. The van der Waals surface area contributed by atoms with E-state index in [0.717, 1.165) is 5.56 Å². The minimum absolute atomic E-state index is 0.205. The van der Waals surface area contributed by atoms with Crippen molar-refractivity contribution >= 4 is 29.7 Å². The number of hydrogen-bond donors (Lipinski definition) is 2. The van der Waals surface area contributed by atoms with E-state index in [1.54, 1.807) is 54.6 Å². The van der Waals surface area contributed by atoms with Gasteiger partial charge in [-0.05, 0) is 59.7 Å². The van der Waals surface area contributed by atoms with Gasteiger partial charge in [-0.1, -0.05) is 36.4 Å². The number of hydrazone groups is 1. The smallest absolute Gasteiger partial charge is 0.335 e. The zero-order valence-electron chi connectivity index (χ0n) is 18.9. The molecule has 0 fully saturated rings. The lowest BCUT2D eigenvalue weighted by molar-refractivity contribution is 0.0696. The third kappa shape index (κ3) is 7.09. The molecule has 0 aliphatic rings. The molecule has 3 rings (SSSR count). The molecule has 8 nitrogen and oxygen atoms in total. The lowest BCUT2D eigenvalue weighted by Gasteiger charge is -2.10. The summed E-state index contributed by atoms with van der Waals surface area (Å²) in [4.78, 5) is 23.3. The molecule has 1 amide bonds. The Morgan fingerprint density at radius 3 is 2.37 bits per heavy atom. The first-order chi connectivity index (χ1) is 16.9. The van der Waals surface area contributed by atoms with Gasteiger partial charge in [-0.3, -0.25) is 4.79 Å². The highest BCUT2D eigenvalue weighted by molar-refractivity contribution is 6.32. The zero-order chi connectivity index (χ0) is 25.2. The van der Waals surface area contributed by atoms with Gasteiger partial charge in [0, 0.05) is 5.56 Å². The number of carbonyl (C=O) groups is 2. The summed E-state index contributed by atoms with van der Waals surface area (Å²) in [5.41, 5.74) is 4.47. The van der Waals surface area contributed by atoms with E-state index in [0.29, 0.717) is 40.0 Å². The van der Waals surface area contributed by atoms with E-state index in [-0.39, 0.29) is 12.2 Å². The van der Waals surface area contributed by atoms with Crippen LogP contribution in [0.1, 0.15) is 31.8 Å². The minimum Gasteiger partial charge on any atom is -0.493 e. The third-order valence-corrected chi connectivity index (χ3v) is 5.01. The van der Waals surface area contributed by atoms with Crippen LogP contribution in [0.5, 0.6) is 17.2 Å². The molecule has 0 unspecified atom stereocenters. The van der Waals surface area contributed by atoms with E-state index in [2.05, 4.69) is 17.1 Å². The number of carboxylic acids is 1. The highest BCUT2D eigenvalue weighted by atomic mass is 35.5. The number of halogens is 1. The highest BCUT2D eigenvalue weighted by Gasteiger charge is 2.11. The van der Waals surface area contributed by atoms with Crippen molar-refractivity contribution in [2.24, 2.45) is 5.10 Å². The number of ether oxygens (including phenoxy) is 3. The Bertz CT molecular complexity index is 1240. The van der Waals surface area contributed by atoms with Gasteiger partial charge in [0.05, 0.1) is 23.9 Å². The standard InChI is InChI=1S/C26H23ClN2O6/c1-3-12-34-23-11-9-20(14-24(23)33-2)25(30)29-28-15-18-6-10-22(21(27)13-18)35-16-17-4-7-19(8-5-17)26(31)32/h3-11,13-15H,1,12,16H2,2H3,(H,29,30)(H,31,32)/b28-15+. The molecule has 0 atom stereocenters. The Morgan fingerprint density at radius 1 is 1.00 bits per heavy atom. The predicted octanol–water partition coefficient (Wildman–Crippen LogP) is 4.95. The summed E-state index contributed by atoms with van der Waals surface area (Å²) in [5, 5.41) is 13.3. The van der Waals surface area contributed by atoms with Crippen LogP contribution in [0.2, 0.25) is 5.02 Å². The van der Waals surface area contributed by atoms with Crippen LogP contribution in [0.3, 0.4) is 0 Å². The quantitative estimate of drug-likeness (QED) is 0.222. The maximum Gasteiger partial charge on any atom is 0.335 e. The fraction of sp³-hybridized carbons (Fsp3) is 0.115. The zero-order valence-corrected chi connectivity index (χ0v) is 19.6. The minimum atomic E-state index is -0.986. The number of rotatable bonds is 11. The van der Waals surface area contributed by atoms with Gasteiger partial charge >= 0.3 is 5.97 Å². The van der Waals surface area contributed by atoms with Crippen LogP contribution in [0.15, 0.2) is 78.4 Å². The number of carboxylic acid groups (broad SMARTS) is 1. The number of amides is 1. The van der Waals surface area contributed by atoms with Gasteiger partial charge in [0.15, 0.2) is 11.5 Å². The Balaban J connectivity index is 1.57. The van der Waals surface area contributed by atoms with Gasteiger partial charge < -0.3 is 19.3 Å². The monoisotopic (exact) mass is 494 g/mol. The van der Waals surface area contributed by atoms with E-state index >= 15 is 0 Å². The number of carbonyl (C=O) groups excluding carboxylic acids is 1. The molecule has 3 aromatic carbocycles. The van der Waals surface area contributed by atoms with Crippen LogP contribution in [-0.2, 0) is 6.61 Å². The fourth-order valence-corrected chi connectivity index (χ4v) is 3.17. The van der Waals surface area contributed by atoms with Gasteiger partial charge in [-0.25, -0.2) is 10.2 Å². The van der Waals surface area contributed by atoms with Gasteiger partial charge in [0.2, 0.25) is 0 Å². The van der Waals surface area contributed by atoms with E-state index < -0.39 is 11.9 Å². The molecular formula is C26H23ClN2O6. The molecule has 3 aromatic rings. The van der Waals surface area contributed by atoms with E-state index in [4.69, 9.17) is 30.9 Å². The lowest BCUT2D eigenvalue weighted by atomic mass is 10.1. The molecule has 0 saturated carbocycles. The highest BCUT2D eigenvalue weighted by Crippen LogP contribution is 2.28. The molecule has 0 aliphatic carbocycles. The summed E-state index contributed by atoms with van der Waals surface area (Å²) in [7, 11) is 1.49. The number of aromatic carboxylic acids is 1. The number of methoxy groups -OCH3 is 1. The molecule has 9 heteroatoms. The van der Waals surface area contributed by atoms with Crippen LogP contribution in [-0.4, -0.2) is 36.9 Å². The number of hydrogen-bond acceptors (Lipinski definition) is 6. The molecule has 0 aromatic heterocycles. The van der Waals surface area contributed by atoms with Crippen LogP contribution in [0.4, 0.5) is 0 Å². The predicted molar refractivity (Wildman–Crippen MR) is 133 cm³/mol. The first-order valence-corrected chi connectivity index (χ1v) is 10.8. The summed E-state index contributed by atoms with van der Waals surface area (Å²) < 4.78 is 16.5.